The van der Waals surface area contributed by atoms with Crippen molar-refractivity contribution in [3.05, 3.63) is 76.0 Å². The van der Waals surface area contributed by atoms with Crippen LogP contribution in [0.15, 0.2) is 47.8 Å². The largest absolute Gasteiger partial charge is 0.465 e. The number of hydrogen-bond donors (Lipinski definition) is 1. The zero-order valence-corrected chi connectivity index (χ0v) is 21.9. The van der Waals surface area contributed by atoms with Gasteiger partial charge in [-0.25, -0.2) is 9.78 Å². The van der Waals surface area contributed by atoms with Gasteiger partial charge in [0, 0.05) is 18.6 Å². The molecule has 2 rings (SSSR count). The molecule has 0 fully saturated rings. The quantitative estimate of drug-likeness (QED) is 0.528. The molecule has 0 spiro atoms. The molecule has 2 amide bonds. The molecule has 1 atom stereocenters. The van der Waals surface area contributed by atoms with E-state index in [9.17, 15) is 24.8 Å². The number of carboxylic acid groups (broad SMARTS) is 1. The third-order valence-corrected chi connectivity index (χ3v) is 6.01. The second-order valence-electron chi connectivity index (χ2n) is 9.96. The van der Waals surface area contributed by atoms with Crippen LogP contribution in [0.1, 0.15) is 63.3 Å². The highest BCUT2D eigenvalue weighted by atomic mass is 16.4. The van der Waals surface area contributed by atoms with Crippen LogP contribution in [0.4, 0.5) is 4.79 Å². The number of carbonyl (C=O) groups excluding carboxylic acids is 1. The van der Waals surface area contributed by atoms with E-state index in [1.807, 2.05) is 50.2 Å². The predicted molar refractivity (Wildman–Crippen MR) is 137 cm³/mol. The van der Waals surface area contributed by atoms with Crippen molar-refractivity contribution in [3.8, 4) is 6.07 Å². The van der Waals surface area contributed by atoms with Crippen LogP contribution in [0.3, 0.4) is 0 Å². The molecule has 9 nitrogen and oxygen atoms in total. The maximum Gasteiger partial charge on any atom is 0.407 e. The summed E-state index contributed by atoms with van der Waals surface area (Å²) in [6, 6.07) is 10.7. The number of rotatable bonds is 9. The molecule has 0 aliphatic rings. The Hall–Kier alpha value is -3.93. The standard InChI is InChI=1S/C27H35N5O4/c1-8-22(33)30(14-15-32(26(35)36)27(5,6)7)23(18(2)3)24-29-21(16-28)19(4)25(34)31(24)17-20-12-10-9-11-13-20/h8-13,18,23H,1,14-15,17H2,2-7H3,(H,35,36). The van der Waals surface area contributed by atoms with E-state index < -0.39 is 23.6 Å². The third kappa shape index (κ3) is 6.39. The topological polar surface area (TPSA) is 120 Å². The zero-order valence-electron chi connectivity index (χ0n) is 21.9. The Balaban J connectivity index is 2.70. The van der Waals surface area contributed by atoms with E-state index >= 15 is 0 Å². The summed E-state index contributed by atoms with van der Waals surface area (Å²) in [5, 5.41) is 19.4. The summed E-state index contributed by atoms with van der Waals surface area (Å²) in [5.74, 6) is -0.369. The van der Waals surface area contributed by atoms with Gasteiger partial charge >= 0.3 is 6.09 Å². The van der Waals surface area contributed by atoms with E-state index in [0.717, 1.165) is 11.6 Å². The lowest BCUT2D eigenvalue weighted by Gasteiger charge is -2.38. The van der Waals surface area contributed by atoms with Crippen molar-refractivity contribution in [1.82, 2.24) is 19.4 Å². The summed E-state index contributed by atoms with van der Waals surface area (Å²) in [6.45, 7) is 14.6. The molecule has 1 aromatic heterocycles. The van der Waals surface area contributed by atoms with E-state index in [-0.39, 0.29) is 48.2 Å². The van der Waals surface area contributed by atoms with Crippen LogP contribution in [0.5, 0.6) is 0 Å². The van der Waals surface area contributed by atoms with Gasteiger partial charge in [0.2, 0.25) is 5.91 Å². The van der Waals surface area contributed by atoms with Crippen molar-refractivity contribution >= 4 is 12.0 Å². The second kappa shape index (κ2) is 11.7. The first kappa shape index (κ1) is 28.3. The second-order valence-corrected chi connectivity index (χ2v) is 9.96. The summed E-state index contributed by atoms with van der Waals surface area (Å²) in [4.78, 5) is 45.7. The molecule has 36 heavy (non-hydrogen) atoms. The van der Waals surface area contributed by atoms with Crippen molar-refractivity contribution in [3.63, 3.8) is 0 Å². The van der Waals surface area contributed by atoms with Crippen LogP contribution >= 0.6 is 0 Å². The molecule has 0 radical (unpaired) electrons. The summed E-state index contributed by atoms with van der Waals surface area (Å²) in [7, 11) is 0. The molecular weight excluding hydrogens is 458 g/mol. The summed E-state index contributed by atoms with van der Waals surface area (Å²) < 4.78 is 1.50. The van der Waals surface area contributed by atoms with Crippen molar-refractivity contribution in [2.75, 3.05) is 13.1 Å². The number of nitrogens with zero attached hydrogens (tertiary/aromatic N) is 5. The summed E-state index contributed by atoms with van der Waals surface area (Å²) in [6.07, 6.45) is 0.0622. The molecule has 0 saturated carbocycles. The molecule has 0 saturated heterocycles. The first-order valence-corrected chi connectivity index (χ1v) is 11.8. The monoisotopic (exact) mass is 493 g/mol. The van der Waals surface area contributed by atoms with Crippen molar-refractivity contribution in [1.29, 1.82) is 5.26 Å². The van der Waals surface area contributed by atoms with E-state index in [4.69, 9.17) is 0 Å². The van der Waals surface area contributed by atoms with Crippen LogP contribution in [-0.2, 0) is 11.3 Å². The lowest BCUT2D eigenvalue weighted by atomic mass is 9.99. The maximum atomic E-state index is 13.4. The van der Waals surface area contributed by atoms with Gasteiger partial charge in [0.15, 0.2) is 5.69 Å². The fourth-order valence-electron chi connectivity index (χ4n) is 4.15. The average Bonchev–Trinajstić information content (AvgIpc) is 2.81. The Bertz CT molecular complexity index is 1210. The van der Waals surface area contributed by atoms with Gasteiger partial charge in [-0.2, -0.15) is 5.26 Å². The van der Waals surface area contributed by atoms with Gasteiger partial charge in [0.05, 0.1) is 18.2 Å². The number of benzene rings is 1. The Labute approximate surface area is 212 Å². The Kier molecular flexibility index (Phi) is 9.17. The maximum absolute atomic E-state index is 13.4. The highest BCUT2D eigenvalue weighted by molar-refractivity contribution is 5.87. The number of aromatic nitrogens is 2. The lowest BCUT2D eigenvalue weighted by Crippen LogP contribution is -2.50. The van der Waals surface area contributed by atoms with E-state index in [1.165, 1.54) is 14.4 Å². The predicted octanol–water partition coefficient (Wildman–Crippen LogP) is 3.96. The number of nitriles is 1. The fraction of sp³-hybridized carbons (Fsp3) is 0.444. The molecule has 0 aliphatic carbocycles. The normalized spacial score (nSPS) is 12.1. The number of amides is 2. The van der Waals surface area contributed by atoms with Gasteiger partial charge in [-0.15, -0.1) is 0 Å². The summed E-state index contributed by atoms with van der Waals surface area (Å²) >= 11 is 0. The van der Waals surface area contributed by atoms with Crippen LogP contribution in [-0.4, -0.2) is 55.1 Å². The minimum atomic E-state index is -1.10. The van der Waals surface area contributed by atoms with Crippen molar-refractivity contribution in [2.45, 2.75) is 59.7 Å². The van der Waals surface area contributed by atoms with Gasteiger partial charge in [-0.05, 0) is 45.3 Å². The molecule has 192 valence electrons. The molecule has 0 aliphatic heterocycles. The highest BCUT2D eigenvalue weighted by Gasteiger charge is 2.34. The smallest absolute Gasteiger partial charge is 0.407 e. The van der Waals surface area contributed by atoms with Crippen molar-refractivity contribution < 1.29 is 14.7 Å². The van der Waals surface area contributed by atoms with Gasteiger partial charge in [-0.3, -0.25) is 14.2 Å². The van der Waals surface area contributed by atoms with Gasteiger partial charge in [0.1, 0.15) is 11.9 Å². The lowest BCUT2D eigenvalue weighted by molar-refractivity contribution is -0.130. The first-order chi connectivity index (χ1) is 16.8. The van der Waals surface area contributed by atoms with E-state index in [0.29, 0.717) is 0 Å². The molecule has 2 aromatic rings. The van der Waals surface area contributed by atoms with E-state index in [2.05, 4.69) is 11.6 Å². The first-order valence-electron chi connectivity index (χ1n) is 11.8. The zero-order chi connectivity index (χ0) is 27.2. The minimum Gasteiger partial charge on any atom is -0.465 e. The van der Waals surface area contributed by atoms with Crippen LogP contribution < -0.4 is 5.56 Å². The van der Waals surface area contributed by atoms with Crippen LogP contribution in [0, 0.1) is 24.2 Å². The molecule has 1 unspecified atom stereocenters. The highest BCUT2D eigenvalue weighted by Crippen LogP contribution is 2.29. The van der Waals surface area contributed by atoms with Gasteiger partial charge in [0.25, 0.3) is 5.56 Å². The van der Waals surface area contributed by atoms with Gasteiger partial charge < -0.3 is 14.9 Å². The Morgan fingerprint density at radius 3 is 2.31 bits per heavy atom. The number of hydrogen-bond acceptors (Lipinski definition) is 5. The summed E-state index contributed by atoms with van der Waals surface area (Å²) in [5.41, 5.74) is 0.0385. The Morgan fingerprint density at radius 1 is 1.22 bits per heavy atom. The number of carbonyl (C=O) groups is 2. The molecule has 0 bridgehead atoms. The molecule has 1 N–H and O–H groups in total. The molecular formula is C27H35N5O4. The van der Waals surface area contributed by atoms with E-state index in [1.54, 1.807) is 27.7 Å². The molecule has 1 heterocycles. The molecule has 1 aromatic carbocycles. The fourth-order valence-corrected chi connectivity index (χ4v) is 4.15. The minimum absolute atomic E-state index is 0.00202. The average molecular weight is 494 g/mol. The molecule has 9 heteroatoms. The Morgan fingerprint density at radius 2 is 1.83 bits per heavy atom. The third-order valence-electron chi connectivity index (χ3n) is 6.01. The van der Waals surface area contributed by atoms with Crippen LogP contribution in [0.2, 0.25) is 0 Å². The van der Waals surface area contributed by atoms with Crippen LogP contribution in [0.25, 0.3) is 0 Å². The van der Waals surface area contributed by atoms with Gasteiger partial charge in [-0.1, -0.05) is 50.8 Å². The SMILES string of the molecule is C=CC(=O)N(CCN(C(=O)O)C(C)(C)C)C(c1nc(C#N)c(C)c(=O)n1Cc1ccccc1)C(C)C. The van der Waals surface area contributed by atoms with Crippen molar-refractivity contribution in [2.24, 2.45) is 5.92 Å².